The normalized spacial score (nSPS) is 25.5. The molecule has 1 saturated heterocycles. The van der Waals surface area contributed by atoms with Crippen molar-refractivity contribution in [3.63, 3.8) is 0 Å². The van der Waals surface area contributed by atoms with Crippen LogP contribution in [0.25, 0.3) is 5.69 Å². The van der Waals surface area contributed by atoms with Gasteiger partial charge in [0.1, 0.15) is 11.5 Å². The molecule has 0 radical (unpaired) electrons. The molecule has 3 aliphatic rings. The maximum Gasteiger partial charge on any atom is 0.274 e. The largest absolute Gasteiger partial charge is 0.337 e. The van der Waals surface area contributed by atoms with E-state index in [-0.39, 0.29) is 30.2 Å². The molecule has 3 atom stereocenters. The van der Waals surface area contributed by atoms with Gasteiger partial charge in [-0.25, -0.2) is 9.07 Å². The molecule has 1 aromatic carbocycles. The molecule has 5 rings (SSSR count). The van der Waals surface area contributed by atoms with Crippen molar-refractivity contribution in [1.29, 1.82) is 0 Å². The van der Waals surface area contributed by atoms with Gasteiger partial charge in [-0.05, 0) is 68.6 Å². The lowest BCUT2D eigenvalue weighted by atomic mass is 9.98. The zero-order chi connectivity index (χ0) is 18.7. The number of likely N-dealkylation sites (tertiary alicyclic amines) is 1. The maximum atomic E-state index is 14.5. The number of amides is 1. The molecule has 1 aliphatic heterocycles. The van der Waals surface area contributed by atoms with E-state index in [4.69, 9.17) is 5.73 Å². The van der Waals surface area contributed by atoms with E-state index in [1.807, 2.05) is 17.9 Å². The fourth-order valence-electron chi connectivity index (χ4n) is 5.22. The first-order valence-electron chi connectivity index (χ1n) is 9.95. The van der Waals surface area contributed by atoms with Crippen LogP contribution in [0.4, 0.5) is 4.39 Å². The molecule has 0 spiro atoms. The Morgan fingerprint density at radius 2 is 2.07 bits per heavy atom. The highest BCUT2D eigenvalue weighted by molar-refractivity contribution is 5.94. The molecule has 2 aliphatic carbocycles. The SMILES string of the molecule is Cc1ccc(-n2nc(C(=O)N3CC4CCC(N)C4C3)c3c2CCC3)c(F)c1.Cl. The Kier molecular flexibility index (Phi) is 4.96. The second kappa shape index (κ2) is 7.16. The van der Waals surface area contributed by atoms with E-state index in [1.54, 1.807) is 10.7 Å². The molecule has 0 bridgehead atoms. The standard InChI is InChI=1S/C21H25FN4O.ClH/c1-12-5-8-19(16(22)9-12)26-18-4-2-3-14(18)20(24-26)21(27)25-10-13-6-7-17(23)15(13)11-25;/h5,8-9,13,15,17H,2-4,6-7,10-11,23H2,1H3;1H. The topological polar surface area (TPSA) is 64.2 Å². The molecule has 3 unspecified atom stereocenters. The molecule has 1 amide bonds. The van der Waals surface area contributed by atoms with Crippen molar-refractivity contribution in [3.05, 3.63) is 46.5 Å². The third-order valence-electron chi connectivity index (χ3n) is 6.66. The molecule has 2 fully saturated rings. The van der Waals surface area contributed by atoms with Crippen LogP contribution in [-0.2, 0) is 12.8 Å². The number of carbonyl (C=O) groups excluding carboxylic acids is 1. The summed E-state index contributed by atoms with van der Waals surface area (Å²) in [6.45, 7) is 3.37. The molecule has 2 heterocycles. The summed E-state index contributed by atoms with van der Waals surface area (Å²) < 4.78 is 16.2. The van der Waals surface area contributed by atoms with Crippen molar-refractivity contribution in [2.75, 3.05) is 13.1 Å². The second-order valence-corrected chi connectivity index (χ2v) is 8.37. The Hall–Kier alpha value is -1.92. The summed E-state index contributed by atoms with van der Waals surface area (Å²) in [5.41, 5.74) is 10.0. The van der Waals surface area contributed by atoms with Crippen molar-refractivity contribution in [1.82, 2.24) is 14.7 Å². The van der Waals surface area contributed by atoms with Crippen LogP contribution in [0.1, 0.15) is 46.6 Å². The zero-order valence-corrected chi connectivity index (χ0v) is 16.8. The van der Waals surface area contributed by atoms with E-state index >= 15 is 0 Å². The maximum absolute atomic E-state index is 14.5. The first-order valence-corrected chi connectivity index (χ1v) is 9.95. The van der Waals surface area contributed by atoms with Gasteiger partial charge in [-0.2, -0.15) is 5.10 Å². The van der Waals surface area contributed by atoms with Gasteiger partial charge in [0, 0.05) is 30.4 Å². The minimum atomic E-state index is -0.298. The summed E-state index contributed by atoms with van der Waals surface area (Å²) in [7, 11) is 0. The van der Waals surface area contributed by atoms with Gasteiger partial charge in [-0.15, -0.1) is 12.4 Å². The average molecular weight is 405 g/mol. The second-order valence-electron chi connectivity index (χ2n) is 8.37. The Labute approximate surface area is 170 Å². The van der Waals surface area contributed by atoms with Gasteiger partial charge >= 0.3 is 0 Å². The van der Waals surface area contributed by atoms with Crippen LogP contribution in [0, 0.1) is 24.6 Å². The van der Waals surface area contributed by atoms with Crippen LogP contribution in [0.3, 0.4) is 0 Å². The Morgan fingerprint density at radius 1 is 1.25 bits per heavy atom. The molecule has 2 N–H and O–H groups in total. The van der Waals surface area contributed by atoms with E-state index in [0.29, 0.717) is 23.2 Å². The summed E-state index contributed by atoms with van der Waals surface area (Å²) in [6, 6.07) is 5.36. The van der Waals surface area contributed by atoms with Gasteiger partial charge < -0.3 is 10.6 Å². The molecule has 2 aromatic rings. The van der Waals surface area contributed by atoms with Crippen LogP contribution in [0.5, 0.6) is 0 Å². The lowest BCUT2D eigenvalue weighted by molar-refractivity contribution is 0.0772. The Balaban J connectivity index is 0.00000192. The number of nitrogens with two attached hydrogens (primary N) is 1. The molecular weight excluding hydrogens is 379 g/mol. The van der Waals surface area contributed by atoms with Crippen molar-refractivity contribution >= 4 is 18.3 Å². The summed E-state index contributed by atoms with van der Waals surface area (Å²) in [4.78, 5) is 15.2. The van der Waals surface area contributed by atoms with E-state index in [0.717, 1.165) is 62.0 Å². The summed E-state index contributed by atoms with van der Waals surface area (Å²) in [5, 5.41) is 4.60. The third kappa shape index (κ3) is 2.94. The summed E-state index contributed by atoms with van der Waals surface area (Å²) in [5.74, 6) is 0.626. The van der Waals surface area contributed by atoms with Crippen LogP contribution in [0.15, 0.2) is 18.2 Å². The Morgan fingerprint density at radius 3 is 2.82 bits per heavy atom. The van der Waals surface area contributed by atoms with Gasteiger partial charge in [-0.1, -0.05) is 6.07 Å². The summed E-state index contributed by atoms with van der Waals surface area (Å²) in [6.07, 6.45) is 4.82. The smallest absolute Gasteiger partial charge is 0.274 e. The van der Waals surface area contributed by atoms with Gasteiger partial charge in [0.05, 0.1) is 0 Å². The van der Waals surface area contributed by atoms with E-state index in [1.165, 1.54) is 6.07 Å². The highest BCUT2D eigenvalue weighted by atomic mass is 35.5. The molecular formula is C21H26ClFN4O. The van der Waals surface area contributed by atoms with Crippen LogP contribution < -0.4 is 5.73 Å². The Bertz CT molecular complexity index is 927. The fraction of sp³-hybridized carbons (Fsp3) is 0.524. The first-order chi connectivity index (χ1) is 13.0. The summed E-state index contributed by atoms with van der Waals surface area (Å²) >= 11 is 0. The number of aromatic nitrogens is 2. The first kappa shape index (κ1) is 19.4. The number of nitrogens with zero attached hydrogens (tertiary/aromatic N) is 3. The number of rotatable bonds is 2. The molecule has 7 heteroatoms. The number of aryl methyl sites for hydroxylation is 1. The van der Waals surface area contributed by atoms with Crippen molar-refractivity contribution < 1.29 is 9.18 Å². The van der Waals surface area contributed by atoms with Crippen molar-refractivity contribution in [2.45, 2.75) is 45.1 Å². The lowest BCUT2D eigenvalue weighted by Crippen LogP contribution is -2.34. The van der Waals surface area contributed by atoms with E-state index in [9.17, 15) is 9.18 Å². The predicted molar refractivity (Wildman–Crippen MR) is 108 cm³/mol. The molecule has 5 nitrogen and oxygen atoms in total. The van der Waals surface area contributed by atoms with Crippen LogP contribution in [-0.4, -0.2) is 39.7 Å². The lowest BCUT2D eigenvalue weighted by Gasteiger charge is -2.18. The average Bonchev–Trinajstić information content (AvgIpc) is 3.37. The zero-order valence-electron chi connectivity index (χ0n) is 16.0. The third-order valence-corrected chi connectivity index (χ3v) is 6.66. The van der Waals surface area contributed by atoms with Gasteiger partial charge in [0.2, 0.25) is 0 Å². The number of benzene rings is 1. The predicted octanol–water partition coefficient (Wildman–Crippen LogP) is 3.04. The fourth-order valence-corrected chi connectivity index (χ4v) is 5.22. The molecule has 150 valence electrons. The van der Waals surface area contributed by atoms with Gasteiger partial charge in [0.15, 0.2) is 5.69 Å². The molecule has 1 saturated carbocycles. The monoisotopic (exact) mass is 404 g/mol. The molecule has 28 heavy (non-hydrogen) atoms. The van der Waals surface area contributed by atoms with E-state index in [2.05, 4.69) is 5.10 Å². The number of halogens is 2. The van der Waals surface area contributed by atoms with Crippen LogP contribution >= 0.6 is 12.4 Å². The van der Waals surface area contributed by atoms with Crippen LogP contribution in [0.2, 0.25) is 0 Å². The quantitative estimate of drug-likeness (QED) is 0.836. The number of carbonyl (C=O) groups is 1. The minimum absolute atomic E-state index is 0. The molecule has 1 aromatic heterocycles. The number of hydrogen-bond donors (Lipinski definition) is 1. The van der Waals surface area contributed by atoms with Gasteiger partial charge in [-0.3, -0.25) is 4.79 Å². The van der Waals surface area contributed by atoms with Crippen molar-refractivity contribution in [2.24, 2.45) is 17.6 Å². The van der Waals surface area contributed by atoms with Crippen molar-refractivity contribution in [3.8, 4) is 5.69 Å². The van der Waals surface area contributed by atoms with E-state index < -0.39 is 0 Å². The number of fused-ring (bicyclic) bond motifs is 2. The number of hydrogen-bond acceptors (Lipinski definition) is 3. The van der Waals surface area contributed by atoms with Gasteiger partial charge in [0.25, 0.3) is 5.91 Å². The minimum Gasteiger partial charge on any atom is -0.337 e. The highest BCUT2D eigenvalue weighted by Crippen LogP contribution is 2.38. The highest BCUT2D eigenvalue weighted by Gasteiger charge is 2.43.